The zero-order chi connectivity index (χ0) is 12.1. The van der Waals surface area contributed by atoms with E-state index in [2.05, 4.69) is 15.1 Å². The molecule has 1 fully saturated rings. The minimum absolute atomic E-state index is 0.348. The molecule has 1 unspecified atom stereocenters. The SMILES string of the molecule is ONc1ccccc1SN1CCNCC(O)C1. The summed E-state index contributed by atoms with van der Waals surface area (Å²) in [7, 11) is 0. The van der Waals surface area contributed by atoms with Crippen molar-refractivity contribution < 1.29 is 10.3 Å². The molecule has 6 heteroatoms. The van der Waals surface area contributed by atoms with Crippen LogP contribution in [0.25, 0.3) is 0 Å². The molecule has 1 heterocycles. The third-order valence-corrected chi connectivity index (χ3v) is 3.71. The molecule has 0 amide bonds. The van der Waals surface area contributed by atoms with Gasteiger partial charge in [-0.15, -0.1) is 0 Å². The number of anilines is 1. The Kier molecular flexibility index (Phi) is 4.64. The lowest BCUT2D eigenvalue weighted by Crippen LogP contribution is -2.28. The molecule has 0 spiro atoms. The van der Waals surface area contributed by atoms with Gasteiger partial charge in [-0.25, -0.2) is 4.31 Å². The molecule has 1 aliphatic heterocycles. The highest BCUT2D eigenvalue weighted by Gasteiger charge is 2.17. The molecule has 0 saturated carbocycles. The van der Waals surface area contributed by atoms with Crippen molar-refractivity contribution in [3.05, 3.63) is 24.3 Å². The number of nitrogens with one attached hydrogen (secondary N) is 2. The molecule has 0 bridgehead atoms. The molecule has 0 aliphatic carbocycles. The second kappa shape index (κ2) is 6.23. The molecule has 1 aromatic rings. The molecule has 4 N–H and O–H groups in total. The summed E-state index contributed by atoms with van der Waals surface area (Å²) in [4.78, 5) is 0.948. The van der Waals surface area contributed by atoms with Gasteiger partial charge in [-0.2, -0.15) is 0 Å². The van der Waals surface area contributed by atoms with Gasteiger partial charge in [-0.1, -0.05) is 12.1 Å². The third-order valence-electron chi connectivity index (χ3n) is 2.57. The minimum Gasteiger partial charge on any atom is -0.390 e. The van der Waals surface area contributed by atoms with Crippen LogP contribution in [-0.4, -0.2) is 46.9 Å². The standard InChI is InChI=1S/C11H17N3O2S/c15-9-7-12-5-6-14(8-9)17-11-4-2-1-3-10(11)13-16/h1-4,9,12-13,15-16H,5-8H2. The Morgan fingerprint density at radius 1 is 1.41 bits per heavy atom. The molecular formula is C11H17N3O2S. The third kappa shape index (κ3) is 3.58. The Balaban J connectivity index is 2.03. The average molecular weight is 255 g/mol. The summed E-state index contributed by atoms with van der Waals surface area (Å²) in [6, 6.07) is 7.54. The van der Waals surface area contributed by atoms with Crippen LogP contribution in [0.4, 0.5) is 5.69 Å². The van der Waals surface area contributed by atoms with Crippen molar-refractivity contribution in [1.82, 2.24) is 9.62 Å². The quantitative estimate of drug-likeness (QED) is 0.472. The molecule has 5 nitrogen and oxygen atoms in total. The van der Waals surface area contributed by atoms with Crippen molar-refractivity contribution in [3.63, 3.8) is 0 Å². The first-order valence-electron chi connectivity index (χ1n) is 5.60. The van der Waals surface area contributed by atoms with Crippen LogP contribution in [0, 0.1) is 0 Å². The molecule has 2 rings (SSSR count). The Labute approximate surface area is 105 Å². The maximum atomic E-state index is 9.68. The lowest BCUT2D eigenvalue weighted by molar-refractivity contribution is 0.162. The monoisotopic (exact) mass is 255 g/mol. The van der Waals surface area contributed by atoms with E-state index in [9.17, 15) is 5.11 Å². The van der Waals surface area contributed by atoms with E-state index in [1.807, 2.05) is 24.3 Å². The van der Waals surface area contributed by atoms with E-state index >= 15 is 0 Å². The molecule has 94 valence electrons. The smallest absolute Gasteiger partial charge is 0.0800 e. The number of benzene rings is 1. The average Bonchev–Trinajstić information content (AvgIpc) is 2.54. The number of para-hydroxylation sites is 1. The molecule has 0 radical (unpaired) electrons. The fraction of sp³-hybridized carbons (Fsp3) is 0.455. The van der Waals surface area contributed by atoms with Gasteiger partial charge < -0.3 is 10.4 Å². The second-order valence-corrected chi connectivity index (χ2v) is 5.08. The molecule has 1 aliphatic rings. The van der Waals surface area contributed by atoms with Gasteiger partial charge in [-0.05, 0) is 24.1 Å². The van der Waals surface area contributed by atoms with E-state index in [-0.39, 0.29) is 6.10 Å². The van der Waals surface area contributed by atoms with Crippen molar-refractivity contribution in [2.24, 2.45) is 0 Å². The largest absolute Gasteiger partial charge is 0.390 e. The topological polar surface area (TPSA) is 67.8 Å². The van der Waals surface area contributed by atoms with Crippen LogP contribution in [0.5, 0.6) is 0 Å². The van der Waals surface area contributed by atoms with Crippen LogP contribution in [0.3, 0.4) is 0 Å². The molecule has 1 atom stereocenters. The van der Waals surface area contributed by atoms with Gasteiger partial charge in [0, 0.05) is 31.1 Å². The highest BCUT2D eigenvalue weighted by molar-refractivity contribution is 7.97. The van der Waals surface area contributed by atoms with Gasteiger partial charge >= 0.3 is 0 Å². The maximum Gasteiger partial charge on any atom is 0.0800 e. The van der Waals surface area contributed by atoms with Gasteiger partial charge in [0.25, 0.3) is 0 Å². The zero-order valence-corrected chi connectivity index (χ0v) is 10.3. The molecular weight excluding hydrogens is 238 g/mol. The number of hydrogen-bond acceptors (Lipinski definition) is 6. The predicted octanol–water partition coefficient (Wildman–Crippen LogP) is 0.761. The van der Waals surface area contributed by atoms with Crippen LogP contribution in [0.15, 0.2) is 29.2 Å². The van der Waals surface area contributed by atoms with Gasteiger partial charge in [0.15, 0.2) is 0 Å². The first-order valence-corrected chi connectivity index (χ1v) is 6.38. The maximum absolute atomic E-state index is 9.68. The number of rotatable bonds is 3. The summed E-state index contributed by atoms with van der Waals surface area (Å²) < 4.78 is 2.10. The van der Waals surface area contributed by atoms with Gasteiger partial charge in [0.1, 0.15) is 0 Å². The van der Waals surface area contributed by atoms with Crippen LogP contribution in [0.2, 0.25) is 0 Å². The van der Waals surface area contributed by atoms with Crippen LogP contribution in [0.1, 0.15) is 0 Å². The van der Waals surface area contributed by atoms with Crippen molar-refractivity contribution >= 4 is 17.6 Å². The van der Waals surface area contributed by atoms with Gasteiger partial charge in [0.05, 0.1) is 11.8 Å². The molecule has 17 heavy (non-hydrogen) atoms. The van der Waals surface area contributed by atoms with E-state index in [1.165, 1.54) is 0 Å². The molecule has 0 aromatic heterocycles. The fourth-order valence-corrected chi connectivity index (χ4v) is 2.78. The Bertz CT molecular complexity index is 364. The Morgan fingerprint density at radius 3 is 3.06 bits per heavy atom. The molecule has 1 saturated heterocycles. The summed E-state index contributed by atoms with van der Waals surface area (Å²) in [6.45, 7) is 2.98. The van der Waals surface area contributed by atoms with Gasteiger partial charge in [-0.3, -0.25) is 10.7 Å². The summed E-state index contributed by atoms with van der Waals surface area (Å²) >= 11 is 1.54. The zero-order valence-electron chi connectivity index (χ0n) is 9.47. The predicted molar refractivity (Wildman–Crippen MR) is 68.2 cm³/mol. The second-order valence-electron chi connectivity index (χ2n) is 3.95. The Hall–Kier alpha value is -0.790. The Morgan fingerprint density at radius 2 is 2.24 bits per heavy atom. The lowest BCUT2D eigenvalue weighted by Gasteiger charge is -2.21. The highest BCUT2D eigenvalue weighted by Crippen LogP contribution is 2.29. The number of hydrogen-bond donors (Lipinski definition) is 4. The summed E-state index contributed by atoms with van der Waals surface area (Å²) in [5.74, 6) is 0. The van der Waals surface area contributed by atoms with E-state index in [0.717, 1.165) is 18.0 Å². The van der Waals surface area contributed by atoms with Crippen molar-refractivity contribution in [3.8, 4) is 0 Å². The minimum atomic E-state index is -0.348. The number of aliphatic hydroxyl groups is 1. The summed E-state index contributed by atoms with van der Waals surface area (Å²) in [5.41, 5.74) is 2.87. The van der Waals surface area contributed by atoms with E-state index < -0.39 is 0 Å². The van der Waals surface area contributed by atoms with Gasteiger partial charge in [0.2, 0.25) is 0 Å². The number of nitrogens with zero attached hydrogens (tertiary/aromatic N) is 1. The van der Waals surface area contributed by atoms with Crippen LogP contribution >= 0.6 is 11.9 Å². The fourth-order valence-electron chi connectivity index (χ4n) is 1.72. The summed E-state index contributed by atoms with van der Waals surface area (Å²) in [5, 5.41) is 21.9. The van der Waals surface area contributed by atoms with Crippen molar-refractivity contribution in [2.75, 3.05) is 31.7 Å². The first kappa shape index (κ1) is 12.7. The van der Waals surface area contributed by atoms with E-state index in [1.54, 1.807) is 11.9 Å². The van der Waals surface area contributed by atoms with Crippen LogP contribution < -0.4 is 10.8 Å². The van der Waals surface area contributed by atoms with Crippen LogP contribution in [-0.2, 0) is 0 Å². The van der Waals surface area contributed by atoms with Crippen molar-refractivity contribution in [2.45, 2.75) is 11.0 Å². The first-order chi connectivity index (χ1) is 8.29. The molecule has 1 aromatic carbocycles. The normalized spacial score (nSPS) is 22.1. The lowest BCUT2D eigenvalue weighted by atomic mass is 10.3. The number of β-amino-alcohol motifs (C(OH)–C–C–N with tert-alkyl or cyclic N) is 1. The number of aliphatic hydroxyl groups excluding tert-OH is 1. The summed E-state index contributed by atoms with van der Waals surface area (Å²) in [6.07, 6.45) is -0.348. The van der Waals surface area contributed by atoms with Crippen molar-refractivity contribution in [1.29, 1.82) is 0 Å². The highest BCUT2D eigenvalue weighted by atomic mass is 32.2. The van der Waals surface area contributed by atoms with E-state index in [4.69, 9.17) is 5.21 Å². The van der Waals surface area contributed by atoms with E-state index in [0.29, 0.717) is 18.8 Å².